The molecule has 132 valence electrons. The Bertz CT molecular complexity index is 863. The van der Waals surface area contributed by atoms with Crippen LogP contribution in [0.3, 0.4) is 0 Å². The Labute approximate surface area is 143 Å². The Hall–Kier alpha value is -2.74. The average Bonchev–Trinajstić information content (AvgIpc) is 3.00. The molecule has 1 N–H and O–H groups in total. The van der Waals surface area contributed by atoms with Crippen molar-refractivity contribution < 1.29 is 19.4 Å². The van der Waals surface area contributed by atoms with Crippen molar-refractivity contribution in [2.24, 2.45) is 0 Å². The zero-order valence-corrected chi connectivity index (χ0v) is 13.8. The average molecular weight is 345 g/mol. The van der Waals surface area contributed by atoms with E-state index in [2.05, 4.69) is 4.98 Å². The quantitative estimate of drug-likeness (QED) is 0.846. The van der Waals surface area contributed by atoms with Crippen molar-refractivity contribution in [3.05, 3.63) is 40.9 Å². The largest absolute Gasteiger partial charge is 0.481 e. The highest BCUT2D eigenvalue weighted by Gasteiger charge is 2.36. The molecule has 25 heavy (non-hydrogen) atoms. The molecule has 1 aliphatic heterocycles. The third-order valence-electron chi connectivity index (χ3n) is 4.48. The number of aromatic nitrogens is 2. The number of fused-ring (bicyclic) bond motifs is 1. The van der Waals surface area contributed by atoms with E-state index in [-0.39, 0.29) is 30.5 Å². The first-order valence-corrected chi connectivity index (χ1v) is 7.98. The fraction of sp³-hybridized carbons (Fsp3) is 0.412. The van der Waals surface area contributed by atoms with Crippen LogP contribution >= 0.6 is 0 Å². The first-order chi connectivity index (χ1) is 12.0. The van der Waals surface area contributed by atoms with Crippen LogP contribution in [0.1, 0.15) is 12.8 Å². The van der Waals surface area contributed by atoms with Crippen molar-refractivity contribution in [1.82, 2.24) is 14.5 Å². The van der Waals surface area contributed by atoms with Crippen LogP contribution in [0.4, 0.5) is 0 Å². The van der Waals surface area contributed by atoms with E-state index in [0.29, 0.717) is 23.9 Å². The van der Waals surface area contributed by atoms with Crippen LogP contribution in [0.2, 0.25) is 0 Å². The van der Waals surface area contributed by atoms with Crippen molar-refractivity contribution >= 4 is 22.8 Å². The van der Waals surface area contributed by atoms with Crippen molar-refractivity contribution in [3.63, 3.8) is 0 Å². The van der Waals surface area contributed by atoms with Gasteiger partial charge < -0.3 is 14.7 Å². The molecule has 1 fully saturated rings. The molecule has 3 rings (SSSR count). The van der Waals surface area contributed by atoms with Crippen LogP contribution in [-0.4, -0.2) is 57.2 Å². The lowest BCUT2D eigenvalue weighted by Crippen LogP contribution is -2.41. The first-order valence-electron chi connectivity index (χ1n) is 7.98. The number of hydrogen-bond donors (Lipinski definition) is 1. The maximum Gasteiger partial charge on any atom is 0.305 e. The minimum absolute atomic E-state index is 0.142. The number of carbonyl (C=O) groups excluding carboxylic acids is 1. The molecule has 2 unspecified atom stereocenters. The molecule has 8 nitrogen and oxygen atoms in total. The zero-order valence-electron chi connectivity index (χ0n) is 13.8. The van der Waals surface area contributed by atoms with Gasteiger partial charge in [-0.15, -0.1) is 0 Å². The molecule has 2 atom stereocenters. The summed E-state index contributed by atoms with van der Waals surface area (Å²) in [6, 6.07) is 6.49. The molecule has 8 heteroatoms. The molecule has 0 aliphatic carbocycles. The van der Waals surface area contributed by atoms with Crippen LogP contribution in [0.25, 0.3) is 10.9 Å². The van der Waals surface area contributed by atoms with E-state index in [1.165, 1.54) is 22.9 Å². The Morgan fingerprint density at radius 3 is 2.84 bits per heavy atom. The molecule has 2 heterocycles. The van der Waals surface area contributed by atoms with E-state index in [4.69, 9.17) is 9.84 Å². The second kappa shape index (κ2) is 7.02. The number of carboxylic acids is 1. The predicted molar refractivity (Wildman–Crippen MR) is 89.2 cm³/mol. The number of nitrogens with zero attached hydrogens (tertiary/aromatic N) is 3. The topological polar surface area (TPSA) is 102 Å². The summed E-state index contributed by atoms with van der Waals surface area (Å²) < 4.78 is 6.52. The number of ether oxygens (including phenoxy) is 1. The molecular weight excluding hydrogens is 326 g/mol. The van der Waals surface area contributed by atoms with Gasteiger partial charge in [0.1, 0.15) is 6.54 Å². The minimum Gasteiger partial charge on any atom is -0.481 e. The summed E-state index contributed by atoms with van der Waals surface area (Å²) >= 11 is 0. The molecule has 1 saturated heterocycles. The third-order valence-corrected chi connectivity index (χ3v) is 4.48. The summed E-state index contributed by atoms with van der Waals surface area (Å²) in [4.78, 5) is 41.9. The van der Waals surface area contributed by atoms with Gasteiger partial charge in [0.05, 0.1) is 29.8 Å². The highest BCUT2D eigenvalue weighted by Crippen LogP contribution is 2.23. The monoisotopic (exact) mass is 345 g/mol. The Morgan fingerprint density at radius 2 is 2.12 bits per heavy atom. The molecule has 1 amide bonds. The van der Waals surface area contributed by atoms with Gasteiger partial charge in [-0.05, 0) is 18.6 Å². The van der Waals surface area contributed by atoms with E-state index in [0.717, 1.165) is 0 Å². The van der Waals surface area contributed by atoms with E-state index < -0.39 is 12.0 Å². The van der Waals surface area contributed by atoms with Gasteiger partial charge in [0.15, 0.2) is 0 Å². The highest BCUT2D eigenvalue weighted by atomic mass is 16.5. The van der Waals surface area contributed by atoms with Gasteiger partial charge in [-0.3, -0.25) is 19.0 Å². The predicted octanol–water partition coefficient (Wildman–Crippen LogP) is 0.487. The third kappa shape index (κ3) is 3.53. The fourth-order valence-corrected chi connectivity index (χ4v) is 3.20. The van der Waals surface area contributed by atoms with Crippen LogP contribution in [0.15, 0.2) is 35.4 Å². The molecule has 1 aliphatic rings. The molecule has 0 saturated carbocycles. The lowest BCUT2D eigenvalue weighted by atomic mass is 10.1. The van der Waals surface area contributed by atoms with Crippen LogP contribution in [-0.2, 0) is 20.9 Å². The van der Waals surface area contributed by atoms with Crippen molar-refractivity contribution in [3.8, 4) is 0 Å². The molecular formula is C17H19N3O5. The summed E-state index contributed by atoms with van der Waals surface area (Å²) in [6.45, 7) is 0.145. The number of carbonyl (C=O) groups is 2. The summed E-state index contributed by atoms with van der Waals surface area (Å²) in [5.41, 5.74) is 0.275. The molecule has 1 aromatic carbocycles. The number of hydrogen-bond acceptors (Lipinski definition) is 5. The molecule has 1 aromatic heterocycles. The number of carboxylic acid groups (broad SMARTS) is 1. The number of methoxy groups -OCH3 is 1. The Morgan fingerprint density at radius 1 is 1.36 bits per heavy atom. The number of benzene rings is 1. The summed E-state index contributed by atoms with van der Waals surface area (Å²) in [5, 5.41) is 9.48. The van der Waals surface area contributed by atoms with E-state index >= 15 is 0 Å². The summed E-state index contributed by atoms with van der Waals surface area (Å²) in [6.07, 6.45) is 1.48. The van der Waals surface area contributed by atoms with Gasteiger partial charge in [0.2, 0.25) is 5.91 Å². The normalized spacial score (nSPS) is 20.1. The van der Waals surface area contributed by atoms with Crippen LogP contribution in [0.5, 0.6) is 0 Å². The number of para-hydroxylation sites is 1. The van der Waals surface area contributed by atoms with Gasteiger partial charge in [-0.25, -0.2) is 4.98 Å². The van der Waals surface area contributed by atoms with Gasteiger partial charge in [0, 0.05) is 19.7 Å². The number of rotatable bonds is 5. The van der Waals surface area contributed by atoms with Gasteiger partial charge >= 0.3 is 5.97 Å². The first kappa shape index (κ1) is 17.1. The SMILES string of the molecule is COC1CC(CC(=O)O)N(C(=O)Cn2cnc3ccccc3c2=O)C1. The van der Waals surface area contributed by atoms with E-state index in [1.54, 1.807) is 24.3 Å². The Kier molecular flexibility index (Phi) is 4.80. The molecule has 0 bridgehead atoms. The van der Waals surface area contributed by atoms with Crippen molar-refractivity contribution in [2.75, 3.05) is 13.7 Å². The molecule has 0 radical (unpaired) electrons. The van der Waals surface area contributed by atoms with Crippen LogP contribution in [0, 0.1) is 0 Å². The maximum atomic E-state index is 12.6. The van der Waals surface area contributed by atoms with Crippen LogP contribution < -0.4 is 5.56 Å². The van der Waals surface area contributed by atoms with E-state index in [9.17, 15) is 14.4 Å². The lowest BCUT2D eigenvalue weighted by Gasteiger charge is -2.23. The van der Waals surface area contributed by atoms with Crippen molar-refractivity contribution in [2.45, 2.75) is 31.5 Å². The lowest BCUT2D eigenvalue weighted by molar-refractivity contribution is -0.140. The Balaban J connectivity index is 1.82. The minimum atomic E-state index is -0.968. The maximum absolute atomic E-state index is 12.6. The fourth-order valence-electron chi connectivity index (χ4n) is 3.20. The number of amides is 1. The smallest absolute Gasteiger partial charge is 0.305 e. The van der Waals surface area contributed by atoms with Gasteiger partial charge in [-0.2, -0.15) is 0 Å². The summed E-state index contributed by atoms with van der Waals surface area (Å²) in [7, 11) is 1.54. The molecule has 0 spiro atoms. The zero-order chi connectivity index (χ0) is 18.0. The number of likely N-dealkylation sites (tertiary alicyclic amines) is 1. The molecule has 2 aromatic rings. The summed E-state index contributed by atoms with van der Waals surface area (Å²) in [5.74, 6) is -1.28. The second-order valence-electron chi connectivity index (χ2n) is 6.09. The van der Waals surface area contributed by atoms with Gasteiger partial charge in [0.25, 0.3) is 5.56 Å². The van der Waals surface area contributed by atoms with Crippen molar-refractivity contribution in [1.29, 1.82) is 0 Å². The second-order valence-corrected chi connectivity index (χ2v) is 6.09. The van der Waals surface area contributed by atoms with Gasteiger partial charge in [-0.1, -0.05) is 12.1 Å². The standard InChI is InChI=1S/C17H19N3O5/c1-25-12-6-11(7-16(22)23)20(8-12)15(21)9-19-10-18-14-5-3-2-4-13(14)17(19)24/h2-5,10-12H,6-9H2,1H3,(H,22,23). The number of aliphatic carboxylic acids is 1. The van der Waals surface area contributed by atoms with E-state index in [1.807, 2.05) is 0 Å². The highest BCUT2D eigenvalue weighted by molar-refractivity contribution is 5.80.